The van der Waals surface area contributed by atoms with Gasteiger partial charge in [0.1, 0.15) is 11.8 Å². The zero-order valence-corrected chi connectivity index (χ0v) is 12.8. The average molecular weight is 309 g/mol. The molecule has 2 fully saturated rings. The molecular formula is C15H17ClN2O3. The van der Waals surface area contributed by atoms with Crippen LogP contribution < -0.4 is 4.90 Å². The molecule has 3 rings (SSSR count). The van der Waals surface area contributed by atoms with E-state index in [1.807, 2.05) is 13.8 Å². The molecule has 2 heterocycles. The Balaban J connectivity index is 1.98. The second-order valence-electron chi connectivity index (χ2n) is 5.28. The van der Waals surface area contributed by atoms with Crippen LogP contribution >= 0.6 is 11.6 Å². The van der Waals surface area contributed by atoms with Crippen LogP contribution in [0.15, 0.2) is 24.3 Å². The first-order valence-corrected chi connectivity index (χ1v) is 7.48. The maximum Gasteiger partial charge on any atom is 0.334 e. The first-order chi connectivity index (χ1) is 10.0. The van der Waals surface area contributed by atoms with Crippen molar-refractivity contribution in [3.63, 3.8) is 0 Å². The van der Waals surface area contributed by atoms with Crippen molar-refractivity contribution in [1.82, 2.24) is 4.90 Å². The van der Waals surface area contributed by atoms with Gasteiger partial charge in [-0.25, -0.2) is 9.69 Å². The fourth-order valence-corrected chi connectivity index (χ4v) is 3.25. The fraction of sp³-hybridized carbons (Fsp3) is 0.467. The molecule has 1 aromatic rings. The normalized spacial score (nSPS) is 23.9. The minimum atomic E-state index is -0.668. The molecule has 0 unspecified atom stereocenters. The summed E-state index contributed by atoms with van der Waals surface area (Å²) in [5.74, 6) is -0.230. The van der Waals surface area contributed by atoms with Gasteiger partial charge in [0.15, 0.2) is 0 Å². The highest BCUT2D eigenvalue weighted by Gasteiger charge is 2.58. The van der Waals surface area contributed by atoms with Gasteiger partial charge in [0, 0.05) is 5.02 Å². The summed E-state index contributed by atoms with van der Waals surface area (Å²) in [6.07, 6.45) is 1.32. The number of ether oxygens (including phenoxy) is 1. The highest BCUT2D eigenvalue weighted by atomic mass is 35.5. The molecule has 2 saturated heterocycles. The Labute approximate surface area is 128 Å². The van der Waals surface area contributed by atoms with Gasteiger partial charge in [-0.15, -0.1) is 0 Å². The molecule has 0 N–H and O–H groups in total. The summed E-state index contributed by atoms with van der Waals surface area (Å²) in [4.78, 5) is 28.1. The number of imide groups is 1. The highest BCUT2D eigenvalue weighted by Crippen LogP contribution is 2.40. The van der Waals surface area contributed by atoms with Gasteiger partial charge < -0.3 is 4.74 Å². The van der Waals surface area contributed by atoms with Crippen LogP contribution in [-0.2, 0) is 9.53 Å². The lowest BCUT2D eigenvalue weighted by Gasteiger charge is -2.34. The molecule has 0 aromatic heterocycles. The van der Waals surface area contributed by atoms with Crippen molar-refractivity contribution < 1.29 is 14.3 Å². The van der Waals surface area contributed by atoms with Crippen LogP contribution in [-0.4, -0.2) is 35.2 Å². The molecule has 21 heavy (non-hydrogen) atoms. The number of hydrogen-bond donors (Lipinski definition) is 0. The van der Waals surface area contributed by atoms with Gasteiger partial charge in [0.05, 0.1) is 12.3 Å². The van der Waals surface area contributed by atoms with Crippen LogP contribution in [0.25, 0.3) is 0 Å². The summed E-state index contributed by atoms with van der Waals surface area (Å²) in [6, 6.07) is 5.87. The van der Waals surface area contributed by atoms with Gasteiger partial charge in [0.2, 0.25) is 0 Å². The van der Waals surface area contributed by atoms with Gasteiger partial charge in [-0.2, -0.15) is 0 Å². The average Bonchev–Trinajstić information content (AvgIpc) is 2.99. The zero-order chi connectivity index (χ0) is 15.2. The maximum absolute atomic E-state index is 12.7. The van der Waals surface area contributed by atoms with Gasteiger partial charge in [-0.05, 0) is 37.1 Å². The molecule has 0 radical (unpaired) electrons. The predicted octanol–water partition coefficient (Wildman–Crippen LogP) is 3.02. The molecule has 3 amide bonds. The molecule has 0 aliphatic carbocycles. The second kappa shape index (κ2) is 5.00. The molecule has 1 atom stereocenters. The van der Waals surface area contributed by atoms with E-state index in [0.29, 0.717) is 23.6 Å². The minimum absolute atomic E-state index is 0.230. The Bertz CT molecular complexity index is 583. The fourth-order valence-electron chi connectivity index (χ4n) is 3.13. The first kappa shape index (κ1) is 14.4. The van der Waals surface area contributed by atoms with Crippen molar-refractivity contribution in [3.8, 4) is 0 Å². The van der Waals surface area contributed by atoms with E-state index in [2.05, 4.69) is 0 Å². The monoisotopic (exact) mass is 308 g/mol. The van der Waals surface area contributed by atoms with Crippen LogP contribution in [0, 0.1) is 0 Å². The third-order valence-electron chi connectivity index (χ3n) is 4.35. The second-order valence-corrected chi connectivity index (χ2v) is 5.72. The molecule has 0 bridgehead atoms. The van der Waals surface area contributed by atoms with Crippen molar-refractivity contribution >= 4 is 29.2 Å². The van der Waals surface area contributed by atoms with E-state index in [9.17, 15) is 9.59 Å². The number of anilines is 1. The van der Waals surface area contributed by atoms with E-state index in [1.54, 1.807) is 29.2 Å². The maximum atomic E-state index is 12.7. The summed E-state index contributed by atoms with van der Waals surface area (Å²) in [6.45, 7) is 4.19. The lowest BCUT2D eigenvalue weighted by atomic mass is 10.1. The molecule has 5 nitrogen and oxygen atoms in total. The third kappa shape index (κ3) is 1.95. The molecule has 1 aromatic carbocycles. The largest absolute Gasteiger partial charge is 0.353 e. The predicted molar refractivity (Wildman–Crippen MR) is 79.2 cm³/mol. The molecule has 0 spiro atoms. The van der Waals surface area contributed by atoms with Crippen molar-refractivity contribution in [2.75, 3.05) is 11.5 Å². The number of rotatable bonds is 3. The molecule has 0 saturated carbocycles. The Morgan fingerprint density at radius 1 is 1.24 bits per heavy atom. The topological polar surface area (TPSA) is 49.9 Å². The number of halogens is 1. The number of benzene rings is 1. The van der Waals surface area contributed by atoms with Gasteiger partial charge in [0.25, 0.3) is 5.91 Å². The van der Waals surface area contributed by atoms with Gasteiger partial charge >= 0.3 is 6.03 Å². The Morgan fingerprint density at radius 2 is 1.86 bits per heavy atom. The summed E-state index contributed by atoms with van der Waals surface area (Å²) >= 11 is 5.86. The van der Waals surface area contributed by atoms with Crippen LogP contribution in [0.4, 0.5) is 10.5 Å². The summed E-state index contributed by atoms with van der Waals surface area (Å²) in [5.41, 5.74) is -0.122. The molecule has 112 valence electrons. The van der Waals surface area contributed by atoms with E-state index in [4.69, 9.17) is 16.3 Å². The first-order valence-electron chi connectivity index (χ1n) is 7.11. The summed E-state index contributed by atoms with van der Waals surface area (Å²) < 4.78 is 5.79. The lowest BCUT2D eigenvalue weighted by Crippen LogP contribution is -2.48. The number of carbonyl (C=O) groups excluding carboxylic acids is 2. The standard InChI is InChI=1S/C15H17ClN2O3/c1-3-15(4-2)18-12(9-21-15)13(19)17(14(18)20)11-7-5-10(16)6-8-11/h5-8,12H,3-4,9H2,1-2H3/t12-/m0/s1. The molecule has 6 heteroatoms. The van der Waals surface area contributed by atoms with E-state index in [-0.39, 0.29) is 18.5 Å². The highest BCUT2D eigenvalue weighted by molar-refractivity contribution is 6.30. The Hall–Kier alpha value is -1.59. The summed E-state index contributed by atoms with van der Waals surface area (Å²) in [7, 11) is 0. The van der Waals surface area contributed by atoms with E-state index < -0.39 is 11.8 Å². The molecule has 2 aliphatic rings. The van der Waals surface area contributed by atoms with E-state index in [0.717, 1.165) is 0 Å². The number of urea groups is 1. The quantitative estimate of drug-likeness (QED) is 0.807. The van der Waals surface area contributed by atoms with Crippen LogP contribution in [0.2, 0.25) is 5.02 Å². The number of fused-ring (bicyclic) bond motifs is 1. The van der Waals surface area contributed by atoms with Crippen LogP contribution in [0.5, 0.6) is 0 Å². The van der Waals surface area contributed by atoms with E-state index >= 15 is 0 Å². The number of nitrogens with zero attached hydrogens (tertiary/aromatic N) is 2. The number of hydrogen-bond acceptors (Lipinski definition) is 3. The van der Waals surface area contributed by atoms with Gasteiger partial charge in [-0.1, -0.05) is 25.4 Å². The van der Waals surface area contributed by atoms with E-state index in [1.165, 1.54) is 4.90 Å². The molecule has 2 aliphatic heterocycles. The van der Waals surface area contributed by atoms with Gasteiger partial charge in [-0.3, -0.25) is 9.69 Å². The summed E-state index contributed by atoms with van der Waals surface area (Å²) in [5, 5.41) is 0.568. The van der Waals surface area contributed by atoms with Crippen LogP contribution in [0.1, 0.15) is 26.7 Å². The Kier molecular flexibility index (Phi) is 3.42. The smallest absolute Gasteiger partial charge is 0.334 e. The van der Waals surface area contributed by atoms with Crippen molar-refractivity contribution in [3.05, 3.63) is 29.3 Å². The zero-order valence-electron chi connectivity index (χ0n) is 12.0. The SMILES string of the molecule is CCC1(CC)OC[C@H]2C(=O)N(c3ccc(Cl)cc3)C(=O)N21. The van der Waals surface area contributed by atoms with Crippen molar-refractivity contribution in [2.24, 2.45) is 0 Å². The molecular weight excluding hydrogens is 292 g/mol. The Morgan fingerprint density at radius 3 is 2.43 bits per heavy atom. The minimum Gasteiger partial charge on any atom is -0.353 e. The van der Waals surface area contributed by atoms with Crippen molar-refractivity contribution in [1.29, 1.82) is 0 Å². The van der Waals surface area contributed by atoms with Crippen LogP contribution in [0.3, 0.4) is 0 Å². The number of carbonyl (C=O) groups is 2. The van der Waals surface area contributed by atoms with Crippen molar-refractivity contribution in [2.45, 2.75) is 38.5 Å². The third-order valence-corrected chi connectivity index (χ3v) is 4.61. The number of amides is 3. The lowest BCUT2D eigenvalue weighted by molar-refractivity contribution is -0.119.